The van der Waals surface area contributed by atoms with E-state index < -0.39 is 0 Å². The first-order chi connectivity index (χ1) is 10.1. The van der Waals surface area contributed by atoms with Gasteiger partial charge in [0.25, 0.3) is 0 Å². The van der Waals surface area contributed by atoms with Gasteiger partial charge in [-0.05, 0) is 23.8 Å². The van der Waals surface area contributed by atoms with E-state index in [4.69, 9.17) is 14.2 Å². The lowest BCUT2D eigenvalue weighted by atomic mass is 10.0. The molecule has 0 saturated carbocycles. The fraction of sp³-hybridized carbons (Fsp3) is 0.312. The summed E-state index contributed by atoms with van der Waals surface area (Å²) in [7, 11) is 0. The van der Waals surface area contributed by atoms with Crippen LogP contribution in [0.1, 0.15) is 18.6 Å². The van der Waals surface area contributed by atoms with Gasteiger partial charge in [-0.15, -0.1) is 0 Å². The van der Waals surface area contributed by atoms with Gasteiger partial charge in [0, 0.05) is 11.4 Å². The highest BCUT2D eigenvalue weighted by Crippen LogP contribution is 2.29. The number of benzene rings is 1. The van der Waals surface area contributed by atoms with Crippen molar-refractivity contribution in [2.75, 3.05) is 6.61 Å². The second-order valence-corrected chi connectivity index (χ2v) is 5.52. The minimum absolute atomic E-state index is 0.142. The van der Waals surface area contributed by atoms with Gasteiger partial charge in [0.2, 0.25) is 0 Å². The van der Waals surface area contributed by atoms with Crippen LogP contribution in [-0.4, -0.2) is 24.8 Å². The van der Waals surface area contributed by atoms with Gasteiger partial charge in [-0.2, -0.15) is 0 Å². The molecule has 0 amide bonds. The van der Waals surface area contributed by atoms with Gasteiger partial charge in [0.15, 0.2) is 0 Å². The van der Waals surface area contributed by atoms with Gasteiger partial charge < -0.3 is 14.2 Å². The van der Waals surface area contributed by atoms with Crippen molar-refractivity contribution in [1.82, 2.24) is 0 Å². The number of ether oxygens (including phenoxy) is 3. The van der Waals surface area contributed by atoms with E-state index >= 15 is 0 Å². The number of carbonyl (C=O) groups is 1. The third-order valence-corrected chi connectivity index (χ3v) is 3.54. The van der Waals surface area contributed by atoms with Gasteiger partial charge in [-0.3, -0.25) is 4.79 Å². The van der Waals surface area contributed by atoms with Crippen molar-refractivity contribution in [3.8, 4) is 0 Å². The molecule has 5 heteroatoms. The van der Waals surface area contributed by atoms with Crippen molar-refractivity contribution in [2.24, 2.45) is 0 Å². The summed E-state index contributed by atoms with van der Waals surface area (Å²) in [5.74, 6) is -0.343. The highest BCUT2D eigenvalue weighted by atomic mass is 79.9. The molecule has 4 nitrogen and oxygen atoms in total. The molecule has 3 atom stereocenters. The predicted octanol–water partition coefficient (Wildman–Crippen LogP) is 3.54. The predicted molar refractivity (Wildman–Crippen MR) is 82.6 cm³/mol. The summed E-state index contributed by atoms with van der Waals surface area (Å²) in [6.45, 7) is 5.06. The van der Waals surface area contributed by atoms with Crippen LogP contribution in [0.4, 0.5) is 0 Å². The summed E-state index contributed by atoms with van der Waals surface area (Å²) >= 11 is 3.44. The van der Waals surface area contributed by atoms with Crippen molar-refractivity contribution in [1.29, 1.82) is 0 Å². The number of halogens is 1. The lowest BCUT2D eigenvalue weighted by Gasteiger charge is -2.31. The van der Waals surface area contributed by atoms with Gasteiger partial charge in [-0.1, -0.05) is 40.7 Å². The van der Waals surface area contributed by atoms with Crippen LogP contribution in [0.3, 0.4) is 0 Å². The smallest absolute Gasteiger partial charge is 0.302 e. The number of rotatable bonds is 5. The maximum Gasteiger partial charge on any atom is 0.302 e. The maximum atomic E-state index is 11.0. The molecular weight excluding hydrogens is 336 g/mol. The molecule has 0 unspecified atom stereocenters. The molecule has 21 heavy (non-hydrogen) atoms. The van der Waals surface area contributed by atoms with Crippen LogP contribution in [-0.2, 0) is 19.0 Å². The van der Waals surface area contributed by atoms with Gasteiger partial charge in [-0.25, -0.2) is 0 Å². The first-order valence-corrected chi connectivity index (χ1v) is 7.38. The maximum absolute atomic E-state index is 11.0. The van der Waals surface area contributed by atoms with Crippen molar-refractivity contribution < 1.29 is 19.0 Å². The van der Waals surface area contributed by atoms with Gasteiger partial charge in [0.05, 0.1) is 6.26 Å². The largest absolute Gasteiger partial charge is 0.492 e. The zero-order valence-corrected chi connectivity index (χ0v) is 13.3. The summed E-state index contributed by atoms with van der Waals surface area (Å²) in [6.07, 6.45) is 4.31. The molecular formula is C16H17BrO4. The molecule has 0 aliphatic carbocycles. The lowest BCUT2D eigenvalue weighted by molar-refractivity contribution is -0.151. The van der Waals surface area contributed by atoms with Crippen LogP contribution in [0.2, 0.25) is 0 Å². The highest BCUT2D eigenvalue weighted by molar-refractivity contribution is 9.10. The molecule has 2 rings (SSSR count). The molecule has 0 N–H and O–H groups in total. The van der Waals surface area contributed by atoms with E-state index in [1.807, 2.05) is 36.4 Å². The van der Waals surface area contributed by atoms with E-state index in [1.165, 1.54) is 13.2 Å². The molecule has 112 valence electrons. The molecule has 1 aromatic carbocycles. The topological polar surface area (TPSA) is 44.8 Å². The molecule has 0 aromatic heterocycles. The highest BCUT2D eigenvalue weighted by Gasteiger charge is 2.29. The van der Waals surface area contributed by atoms with Crippen molar-refractivity contribution >= 4 is 21.9 Å². The molecule has 0 fully saturated rings. The van der Waals surface area contributed by atoms with Gasteiger partial charge in [0.1, 0.15) is 24.9 Å². The third kappa shape index (κ3) is 4.44. The van der Waals surface area contributed by atoms with Crippen LogP contribution >= 0.6 is 15.9 Å². The number of hydrogen-bond acceptors (Lipinski definition) is 4. The fourth-order valence-corrected chi connectivity index (χ4v) is 2.51. The average molecular weight is 353 g/mol. The zero-order chi connectivity index (χ0) is 15.2. The average Bonchev–Trinajstić information content (AvgIpc) is 2.46. The van der Waals surface area contributed by atoms with Crippen LogP contribution in [0.15, 0.2) is 53.7 Å². The molecule has 1 aromatic rings. The first-order valence-electron chi connectivity index (χ1n) is 6.59. The Balaban J connectivity index is 2.13. The molecule has 0 bridgehead atoms. The summed E-state index contributed by atoms with van der Waals surface area (Å²) in [5.41, 5.74) is 1.02. The van der Waals surface area contributed by atoms with Crippen LogP contribution in [0.25, 0.3) is 0 Å². The lowest BCUT2D eigenvalue weighted by Crippen LogP contribution is -2.37. The fourth-order valence-electron chi connectivity index (χ4n) is 2.10. The van der Waals surface area contributed by atoms with E-state index in [9.17, 15) is 4.79 Å². The monoisotopic (exact) mass is 352 g/mol. The summed E-state index contributed by atoms with van der Waals surface area (Å²) in [4.78, 5) is 11.0. The first kappa shape index (κ1) is 15.8. The molecule has 0 spiro atoms. The third-order valence-electron chi connectivity index (χ3n) is 3.04. The van der Waals surface area contributed by atoms with E-state index in [2.05, 4.69) is 22.5 Å². The minimum Gasteiger partial charge on any atom is -0.492 e. The summed E-state index contributed by atoms with van der Waals surface area (Å²) < 4.78 is 17.4. The van der Waals surface area contributed by atoms with Crippen molar-refractivity contribution in [2.45, 2.75) is 25.2 Å². The second-order valence-electron chi connectivity index (χ2n) is 4.60. The molecule has 0 radical (unpaired) electrons. The van der Waals surface area contributed by atoms with E-state index in [0.29, 0.717) is 0 Å². The van der Waals surface area contributed by atoms with E-state index in [1.54, 1.807) is 0 Å². The Kier molecular flexibility index (Phi) is 5.59. The Morgan fingerprint density at radius 3 is 2.95 bits per heavy atom. The Hall–Kier alpha value is -1.59. The van der Waals surface area contributed by atoms with Crippen LogP contribution in [0.5, 0.6) is 0 Å². The van der Waals surface area contributed by atoms with E-state index in [-0.39, 0.29) is 30.9 Å². The quantitative estimate of drug-likeness (QED) is 0.462. The van der Waals surface area contributed by atoms with Crippen molar-refractivity contribution in [3.63, 3.8) is 0 Å². The molecule has 1 aliphatic heterocycles. The number of hydrogen-bond donors (Lipinski definition) is 0. The van der Waals surface area contributed by atoms with Gasteiger partial charge >= 0.3 is 5.97 Å². The van der Waals surface area contributed by atoms with Crippen molar-refractivity contribution in [3.05, 3.63) is 59.3 Å². The number of esters is 1. The number of carbonyl (C=O) groups excluding carboxylic acids is 1. The SMILES string of the molecule is C=CO[C@H]1C=C[C@@H](c2cccc(Br)c2)O[C@@H]1COC(C)=O. The summed E-state index contributed by atoms with van der Waals surface area (Å²) in [6, 6.07) is 7.88. The Morgan fingerprint density at radius 1 is 1.48 bits per heavy atom. The zero-order valence-electron chi connectivity index (χ0n) is 11.7. The Labute approximate surface area is 132 Å². The van der Waals surface area contributed by atoms with Crippen LogP contribution < -0.4 is 0 Å². The van der Waals surface area contributed by atoms with Crippen LogP contribution in [0, 0.1) is 0 Å². The molecule has 0 saturated heterocycles. The normalized spacial score (nSPS) is 24.4. The summed E-state index contributed by atoms with van der Waals surface area (Å²) in [5, 5.41) is 0. The second kappa shape index (κ2) is 7.43. The Bertz CT molecular complexity index is 541. The van der Waals surface area contributed by atoms with E-state index in [0.717, 1.165) is 10.0 Å². The minimum atomic E-state index is -0.374. The molecule has 1 heterocycles. The Morgan fingerprint density at radius 2 is 2.29 bits per heavy atom. The standard InChI is InChI=1S/C16H17BrO4/c1-3-19-15-8-7-14(12-5-4-6-13(17)9-12)21-16(15)10-20-11(2)18/h3-9,14-16H,1,10H2,2H3/t14-,15-,16+/m0/s1. The molecule has 1 aliphatic rings.